The van der Waals surface area contributed by atoms with Gasteiger partial charge in [-0.2, -0.15) is 13.2 Å². The Kier molecular flexibility index (Phi) is 7.37. The summed E-state index contributed by atoms with van der Waals surface area (Å²) in [5.74, 6) is -0.134. The van der Waals surface area contributed by atoms with Gasteiger partial charge in [0.2, 0.25) is 11.8 Å². The Morgan fingerprint density at radius 2 is 1.84 bits per heavy atom. The smallest absolute Gasteiger partial charge is 0.357 e. The molecule has 172 valence electrons. The van der Waals surface area contributed by atoms with Gasteiger partial charge in [-0.15, -0.1) is 0 Å². The molecular formula is C23H27F3N4O2. The van der Waals surface area contributed by atoms with Gasteiger partial charge in [-0.25, -0.2) is 4.98 Å². The number of hydrogen-bond acceptors (Lipinski definition) is 4. The van der Waals surface area contributed by atoms with Crippen molar-refractivity contribution in [3.8, 4) is 0 Å². The molecule has 1 aromatic carbocycles. The standard InChI is InChI=1S/C23H27F3N4O2/c1-3-16-6-4-5-7-19(16)28-21(31)15-29(2)22(32)17-10-12-30(13-11-17)20-9-8-18(14-27-20)23(24,25)26/h4-9,14,17H,3,10-13,15H2,1-2H3,(H,28,31). The summed E-state index contributed by atoms with van der Waals surface area (Å²) in [6, 6.07) is 9.92. The molecule has 3 rings (SSSR count). The molecule has 9 heteroatoms. The van der Waals surface area contributed by atoms with Crippen LogP contribution in [-0.4, -0.2) is 48.4 Å². The summed E-state index contributed by atoms with van der Waals surface area (Å²) in [4.78, 5) is 32.4. The van der Waals surface area contributed by atoms with Crippen molar-refractivity contribution in [1.82, 2.24) is 9.88 Å². The molecule has 1 saturated heterocycles. The van der Waals surface area contributed by atoms with Crippen LogP contribution in [0.1, 0.15) is 30.9 Å². The van der Waals surface area contributed by atoms with Crippen molar-refractivity contribution in [1.29, 1.82) is 0 Å². The molecule has 0 spiro atoms. The molecule has 1 aliphatic rings. The third kappa shape index (κ3) is 5.77. The van der Waals surface area contributed by atoms with Crippen LogP contribution >= 0.6 is 0 Å². The van der Waals surface area contributed by atoms with Crippen LogP contribution in [0.2, 0.25) is 0 Å². The minimum Gasteiger partial charge on any atom is -0.357 e. The Morgan fingerprint density at radius 3 is 2.44 bits per heavy atom. The number of anilines is 2. The second kappa shape index (κ2) is 10.0. The maximum absolute atomic E-state index is 12.8. The first-order valence-electron chi connectivity index (χ1n) is 10.6. The van der Waals surface area contributed by atoms with Gasteiger partial charge in [0, 0.05) is 37.9 Å². The van der Waals surface area contributed by atoms with Crippen molar-refractivity contribution in [2.75, 3.05) is 36.9 Å². The average molecular weight is 448 g/mol. The lowest BCUT2D eigenvalue weighted by atomic mass is 9.95. The summed E-state index contributed by atoms with van der Waals surface area (Å²) >= 11 is 0. The second-order valence-electron chi connectivity index (χ2n) is 7.92. The number of likely N-dealkylation sites (N-methyl/N-ethyl adjacent to an activating group) is 1. The number of piperidine rings is 1. The highest BCUT2D eigenvalue weighted by Crippen LogP contribution is 2.30. The summed E-state index contributed by atoms with van der Waals surface area (Å²) in [6.07, 6.45) is -1.70. The molecule has 1 aromatic heterocycles. The van der Waals surface area contributed by atoms with E-state index < -0.39 is 11.7 Å². The molecule has 0 unspecified atom stereocenters. The summed E-state index contributed by atoms with van der Waals surface area (Å²) in [5.41, 5.74) is 0.991. The third-order valence-electron chi connectivity index (χ3n) is 5.67. The second-order valence-corrected chi connectivity index (χ2v) is 7.92. The number of aryl methyl sites for hydroxylation is 1. The van der Waals surface area contributed by atoms with E-state index in [4.69, 9.17) is 0 Å². The molecule has 32 heavy (non-hydrogen) atoms. The number of hydrogen-bond donors (Lipinski definition) is 1. The number of benzene rings is 1. The fraction of sp³-hybridized carbons (Fsp3) is 0.435. The first-order chi connectivity index (χ1) is 15.2. The number of para-hydroxylation sites is 1. The Balaban J connectivity index is 1.50. The number of nitrogens with zero attached hydrogens (tertiary/aromatic N) is 3. The van der Waals surface area contributed by atoms with E-state index >= 15 is 0 Å². The number of pyridine rings is 1. The number of nitrogens with one attached hydrogen (secondary N) is 1. The summed E-state index contributed by atoms with van der Waals surface area (Å²) in [5, 5.41) is 2.86. The van der Waals surface area contributed by atoms with Gasteiger partial charge in [-0.1, -0.05) is 25.1 Å². The number of halogens is 3. The summed E-state index contributed by atoms with van der Waals surface area (Å²) in [7, 11) is 1.61. The zero-order valence-corrected chi connectivity index (χ0v) is 18.2. The SMILES string of the molecule is CCc1ccccc1NC(=O)CN(C)C(=O)C1CCN(c2ccc(C(F)(F)F)cn2)CC1. The van der Waals surface area contributed by atoms with Gasteiger partial charge < -0.3 is 15.1 Å². The molecule has 0 saturated carbocycles. The van der Waals surface area contributed by atoms with Crippen molar-refractivity contribution in [2.24, 2.45) is 5.92 Å². The van der Waals surface area contributed by atoms with Gasteiger partial charge in [-0.05, 0) is 43.0 Å². The van der Waals surface area contributed by atoms with E-state index in [9.17, 15) is 22.8 Å². The Labute approximate surface area is 185 Å². The molecule has 2 heterocycles. The monoisotopic (exact) mass is 448 g/mol. The predicted molar refractivity (Wildman–Crippen MR) is 116 cm³/mol. The quantitative estimate of drug-likeness (QED) is 0.726. The lowest BCUT2D eigenvalue weighted by Gasteiger charge is -2.33. The Hall–Kier alpha value is -3.10. The molecule has 0 aliphatic carbocycles. The molecule has 1 N–H and O–H groups in total. The van der Waals surface area contributed by atoms with Gasteiger partial charge in [0.05, 0.1) is 12.1 Å². The first kappa shape index (κ1) is 23.6. The van der Waals surface area contributed by atoms with Gasteiger partial charge >= 0.3 is 6.18 Å². The molecule has 0 radical (unpaired) electrons. The highest BCUT2D eigenvalue weighted by molar-refractivity contribution is 5.95. The maximum Gasteiger partial charge on any atom is 0.417 e. The van der Waals surface area contributed by atoms with E-state index in [1.807, 2.05) is 36.1 Å². The van der Waals surface area contributed by atoms with Crippen LogP contribution in [0.15, 0.2) is 42.6 Å². The zero-order chi connectivity index (χ0) is 23.3. The topological polar surface area (TPSA) is 65.5 Å². The van der Waals surface area contributed by atoms with Gasteiger partial charge in [0.1, 0.15) is 5.82 Å². The number of carbonyl (C=O) groups excluding carboxylic acids is 2. The van der Waals surface area contributed by atoms with Gasteiger partial charge in [-0.3, -0.25) is 9.59 Å². The normalized spacial score (nSPS) is 14.8. The number of carbonyl (C=O) groups is 2. The van der Waals surface area contributed by atoms with E-state index in [2.05, 4.69) is 10.3 Å². The van der Waals surface area contributed by atoms with Crippen molar-refractivity contribution in [3.05, 3.63) is 53.7 Å². The van der Waals surface area contributed by atoms with Crippen molar-refractivity contribution in [2.45, 2.75) is 32.4 Å². The Bertz CT molecular complexity index is 939. The summed E-state index contributed by atoms with van der Waals surface area (Å²) < 4.78 is 38.1. The lowest BCUT2D eigenvalue weighted by molar-refractivity contribution is -0.138. The van der Waals surface area contributed by atoms with E-state index in [1.54, 1.807) is 7.05 Å². The number of alkyl halides is 3. The fourth-order valence-electron chi connectivity index (χ4n) is 3.84. The number of amides is 2. The van der Waals surface area contributed by atoms with Crippen molar-refractivity contribution < 1.29 is 22.8 Å². The zero-order valence-electron chi connectivity index (χ0n) is 18.2. The van der Waals surface area contributed by atoms with Crippen LogP contribution in [0.4, 0.5) is 24.7 Å². The van der Waals surface area contributed by atoms with Crippen LogP contribution in [0, 0.1) is 5.92 Å². The highest BCUT2D eigenvalue weighted by Gasteiger charge is 2.32. The molecule has 6 nitrogen and oxygen atoms in total. The maximum atomic E-state index is 12.8. The average Bonchev–Trinajstić information content (AvgIpc) is 2.78. The van der Waals surface area contributed by atoms with Crippen molar-refractivity contribution in [3.63, 3.8) is 0 Å². The molecule has 0 bridgehead atoms. The summed E-state index contributed by atoms with van der Waals surface area (Å²) in [6.45, 7) is 2.99. The highest BCUT2D eigenvalue weighted by atomic mass is 19.4. The number of aromatic nitrogens is 1. The Morgan fingerprint density at radius 1 is 1.16 bits per heavy atom. The van der Waals surface area contributed by atoms with Crippen LogP contribution in [0.3, 0.4) is 0 Å². The third-order valence-corrected chi connectivity index (χ3v) is 5.67. The van der Waals surface area contributed by atoms with Crippen LogP contribution in [-0.2, 0) is 22.2 Å². The molecule has 2 aromatic rings. The minimum absolute atomic E-state index is 0.0441. The van der Waals surface area contributed by atoms with Gasteiger partial charge in [0.25, 0.3) is 0 Å². The lowest BCUT2D eigenvalue weighted by Crippen LogP contribution is -2.43. The molecular weight excluding hydrogens is 421 g/mol. The molecule has 1 fully saturated rings. The van der Waals surface area contributed by atoms with E-state index in [0.29, 0.717) is 31.7 Å². The van der Waals surface area contributed by atoms with Crippen LogP contribution in [0.25, 0.3) is 0 Å². The van der Waals surface area contributed by atoms with E-state index in [1.165, 1.54) is 11.0 Å². The van der Waals surface area contributed by atoms with Crippen LogP contribution in [0.5, 0.6) is 0 Å². The first-order valence-corrected chi connectivity index (χ1v) is 10.6. The van der Waals surface area contributed by atoms with Crippen molar-refractivity contribution >= 4 is 23.3 Å². The largest absolute Gasteiger partial charge is 0.417 e. The molecule has 0 atom stereocenters. The molecule has 1 aliphatic heterocycles. The van der Waals surface area contributed by atoms with Crippen LogP contribution < -0.4 is 10.2 Å². The molecule has 2 amide bonds. The minimum atomic E-state index is -4.42. The van der Waals surface area contributed by atoms with Gasteiger partial charge in [0.15, 0.2) is 0 Å². The van der Waals surface area contributed by atoms with E-state index in [0.717, 1.165) is 29.9 Å². The number of rotatable bonds is 6. The predicted octanol–water partition coefficient (Wildman–Crippen LogP) is 3.98. The van der Waals surface area contributed by atoms with E-state index in [-0.39, 0.29) is 24.3 Å². The fourth-order valence-corrected chi connectivity index (χ4v) is 3.84.